The zero-order valence-electron chi connectivity index (χ0n) is 16.6. The molecule has 1 aromatic carbocycles. The zero-order chi connectivity index (χ0) is 20.6. The highest BCUT2D eigenvalue weighted by atomic mass is 19.3. The normalized spacial score (nSPS) is 21.2. The topological polar surface area (TPSA) is 54.5 Å². The van der Waals surface area contributed by atoms with Crippen LogP contribution in [-0.4, -0.2) is 36.5 Å². The maximum absolute atomic E-state index is 12.9. The fourth-order valence-corrected chi connectivity index (χ4v) is 3.61. The number of rotatable bonds is 7. The van der Waals surface area contributed by atoms with Crippen molar-refractivity contribution in [1.82, 2.24) is 10.3 Å². The number of carbonyl (C=O) groups excluding carboxylic acids is 1. The average molecular weight is 401 g/mol. The quantitative estimate of drug-likeness (QED) is 0.764. The van der Waals surface area contributed by atoms with Crippen molar-refractivity contribution in [1.29, 1.82) is 0 Å². The van der Waals surface area contributed by atoms with Crippen molar-refractivity contribution in [3.8, 4) is 5.75 Å². The number of alkyl halides is 2. The minimum absolute atomic E-state index is 0.00415. The molecule has 1 saturated heterocycles. The summed E-state index contributed by atoms with van der Waals surface area (Å²) < 4.78 is 31.2. The molecule has 1 amide bonds. The maximum Gasteiger partial charge on any atom is 0.255 e. The number of nitrogens with one attached hydrogen (secondary N) is 1. The molecule has 4 rings (SSSR count). The van der Waals surface area contributed by atoms with Crippen LogP contribution in [0.25, 0.3) is 0 Å². The Balaban J connectivity index is 1.26. The molecule has 0 bridgehead atoms. The molecule has 2 aromatic rings. The van der Waals surface area contributed by atoms with Gasteiger partial charge < -0.3 is 15.0 Å². The Morgan fingerprint density at radius 2 is 1.97 bits per heavy atom. The molecule has 0 radical (unpaired) electrons. The molecule has 5 nitrogen and oxygen atoms in total. The van der Waals surface area contributed by atoms with Crippen molar-refractivity contribution in [3.05, 3.63) is 53.7 Å². The van der Waals surface area contributed by atoms with E-state index in [1.54, 1.807) is 12.3 Å². The summed E-state index contributed by atoms with van der Waals surface area (Å²) in [5.74, 6) is -1.43. The third-order valence-corrected chi connectivity index (χ3v) is 5.66. The number of amides is 1. The van der Waals surface area contributed by atoms with Gasteiger partial charge >= 0.3 is 0 Å². The van der Waals surface area contributed by atoms with Crippen molar-refractivity contribution in [2.75, 3.05) is 24.6 Å². The molecule has 7 heteroatoms. The van der Waals surface area contributed by atoms with E-state index >= 15 is 0 Å². The Kier molecular flexibility index (Phi) is 5.15. The Labute approximate surface area is 169 Å². The predicted molar refractivity (Wildman–Crippen MR) is 106 cm³/mol. The van der Waals surface area contributed by atoms with E-state index in [2.05, 4.69) is 39.5 Å². The number of hydrogen-bond acceptors (Lipinski definition) is 4. The van der Waals surface area contributed by atoms with Crippen molar-refractivity contribution in [2.24, 2.45) is 5.92 Å². The van der Waals surface area contributed by atoms with Gasteiger partial charge in [-0.3, -0.25) is 4.79 Å². The van der Waals surface area contributed by atoms with Crippen molar-refractivity contribution >= 4 is 11.7 Å². The van der Waals surface area contributed by atoms with Gasteiger partial charge in [0.05, 0.1) is 24.8 Å². The number of pyridine rings is 1. The van der Waals surface area contributed by atoms with Gasteiger partial charge in [-0.25, -0.2) is 13.8 Å². The first kappa shape index (κ1) is 19.6. The summed E-state index contributed by atoms with van der Waals surface area (Å²) in [5.41, 5.74) is 2.35. The first-order valence-electron chi connectivity index (χ1n) is 9.90. The Morgan fingerprint density at radius 3 is 2.52 bits per heavy atom. The molecule has 1 saturated carbocycles. The summed E-state index contributed by atoms with van der Waals surface area (Å²) in [6, 6.07) is 12.0. The molecule has 2 fully saturated rings. The second-order valence-corrected chi connectivity index (χ2v) is 8.02. The summed E-state index contributed by atoms with van der Waals surface area (Å²) in [7, 11) is 0. The molecule has 0 spiro atoms. The fraction of sp³-hybridized carbons (Fsp3) is 0.455. The van der Waals surface area contributed by atoms with Crippen LogP contribution < -0.4 is 15.0 Å². The van der Waals surface area contributed by atoms with E-state index in [9.17, 15) is 13.6 Å². The van der Waals surface area contributed by atoms with Gasteiger partial charge in [0.1, 0.15) is 11.6 Å². The fourth-order valence-electron chi connectivity index (χ4n) is 3.61. The minimum Gasteiger partial charge on any atom is -0.491 e. The largest absolute Gasteiger partial charge is 0.491 e. The molecule has 1 aliphatic heterocycles. The summed E-state index contributed by atoms with van der Waals surface area (Å²) in [6.45, 7) is 5.28. The highest BCUT2D eigenvalue weighted by molar-refractivity contribution is 5.73. The number of carbonyl (C=O) groups is 1. The number of nitrogens with zero attached hydrogens (tertiary/aromatic N) is 2. The molecule has 2 unspecified atom stereocenters. The molecule has 1 N–H and O–H groups in total. The molecule has 154 valence electrons. The first-order chi connectivity index (χ1) is 13.8. The summed E-state index contributed by atoms with van der Waals surface area (Å²) >= 11 is 0. The van der Waals surface area contributed by atoms with Gasteiger partial charge in [0.2, 0.25) is 5.91 Å². The lowest BCUT2D eigenvalue weighted by Crippen LogP contribution is -2.45. The number of aromatic nitrogens is 1. The monoisotopic (exact) mass is 401 g/mol. The summed E-state index contributed by atoms with van der Waals surface area (Å²) in [5, 5.41) is 2.89. The van der Waals surface area contributed by atoms with Gasteiger partial charge in [-0.05, 0) is 30.2 Å². The number of ether oxygens (including phenoxy) is 1. The molecule has 2 aliphatic rings. The highest BCUT2D eigenvalue weighted by Gasteiger charge is 2.57. The van der Waals surface area contributed by atoms with Crippen LogP contribution in [0.3, 0.4) is 0 Å². The zero-order valence-corrected chi connectivity index (χ0v) is 16.6. The van der Waals surface area contributed by atoms with E-state index in [1.807, 2.05) is 13.0 Å². The van der Waals surface area contributed by atoms with Crippen LogP contribution in [0.5, 0.6) is 5.75 Å². The third-order valence-electron chi connectivity index (χ3n) is 5.66. The van der Waals surface area contributed by atoms with Gasteiger partial charge in [-0.1, -0.05) is 24.3 Å². The van der Waals surface area contributed by atoms with Crippen LogP contribution in [0.2, 0.25) is 0 Å². The van der Waals surface area contributed by atoms with Crippen LogP contribution >= 0.6 is 0 Å². The molecule has 1 aliphatic carbocycles. The van der Waals surface area contributed by atoms with Gasteiger partial charge in [0.15, 0.2) is 0 Å². The van der Waals surface area contributed by atoms with Gasteiger partial charge in [-0.2, -0.15) is 0 Å². The van der Waals surface area contributed by atoms with Crippen LogP contribution in [-0.2, 0) is 4.79 Å². The lowest BCUT2D eigenvalue weighted by Gasteiger charge is -2.40. The second kappa shape index (κ2) is 7.61. The SMILES string of the molecule is CC(=O)NC(C)c1ccc(C2CN(c3ccc(OCC4CC4(F)F)cn3)C2)cc1. The Bertz CT molecular complexity index is 865. The van der Waals surface area contributed by atoms with E-state index in [0.29, 0.717) is 11.7 Å². The van der Waals surface area contributed by atoms with E-state index < -0.39 is 11.8 Å². The van der Waals surface area contributed by atoms with Crippen LogP contribution in [0, 0.1) is 5.92 Å². The molecule has 2 atom stereocenters. The molecule has 29 heavy (non-hydrogen) atoms. The van der Waals surface area contributed by atoms with Crippen LogP contribution in [0.1, 0.15) is 43.4 Å². The molecule has 1 aromatic heterocycles. The van der Waals surface area contributed by atoms with Crippen LogP contribution in [0.15, 0.2) is 42.6 Å². The smallest absolute Gasteiger partial charge is 0.255 e. The van der Waals surface area contributed by atoms with Gasteiger partial charge in [-0.15, -0.1) is 0 Å². The van der Waals surface area contributed by atoms with Crippen molar-refractivity contribution in [3.63, 3.8) is 0 Å². The van der Waals surface area contributed by atoms with Gasteiger partial charge in [0.25, 0.3) is 5.92 Å². The van der Waals surface area contributed by atoms with Gasteiger partial charge in [0, 0.05) is 32.4 Å². The second-order valence-electron chi connectivity index (χ2n) is 8.02. The first-order valence-corrected chi connectivity index (χ1v) is 9.90. The standard InChI is InChI=1S/C22H25F2N3O2/c1-14(26-15(2)28)16-3-5-17(6-4-16)18-11-27(12-18)21-8-7-20(10-25-21)29-13-19-9-22(19,23)24/h3-8,10,14,18-19H,9,11-13H2,1-2H3,(H,26,28). The third kappa shape index (κ3) is 4.49. The summed E-state index contributed by atoms with van der Waals surface area (Å²) in [4.78, 5) is 17.8. The number of hydrogen-bond donors (Lipinski definition) is 1. The Morgan fingerprint density at radius 1 is 1.28 bits per heavy atom. The minimum atomic E-state index is -2.56. The molecule has 2 heterocycles. The molecular weight excluding hydrogens is 376 g/mol. The van der Waals surface area contributed by atoms with E-state index in [1.165, 1.54) is 12.5 Å². The van der Waals surface area contributed by atoms with Crippen LogP contribution in [0.4, 0.5) is 14.6 Å². The Hall–Kier alpha value is -2.70. The van der Waals surface area contributed by atoms with Crippen molar-refractivity contribution in [2.45, 2.75) is 38.2 Å². The number of benzene rings is 1. The lowest BCUT2D eigenvalue weighted by molar-refractivity contribution is -0.119. The molecular formula is C22H25F2N3O2. The maximum atomic E-state index is 12.9. The average Bonchev–Trinajstić information content (AvgIpc) is 3.26. The van der Waals surface area contributed by atoms with E-state index in [-0.39, 0.29) is 25.0 Å². The number of halogens is 2. The predicted octanol–water partition coefficient (Wildman–Crippen LogP) is 3.92. The van der Waals surface area contributed by atoms with E-state index in [4.69, 9.17) is 4.74 Å². The lowest BCUT2D eigenvalue weighted by atomic mass is 9.90. The van der Waals surface area contributed by atoms with Crippen molar-refractivity contribution < 1.29 is 18.3 Å². The highest BCUT2D eigenvalue weighted by Crippen LogP contribution is 2.48. The summed E-state index contributed by atoms with van der Waals surface area (Å²) in [6.07, 6.45) is 1.52. The van der Waals surface area contributed by atoms with E-state index in [0.717, 1.165) is 24.5 Å². The number of anilines is 1.